The first-order valence-electron chi connectivity index (χ1n) is 8.76. The van der Waals surface area contributed by atoms with E-state index in [-0.39, 0.29) is 11.7 Å². The molecule has 0 aliphatic carbocycles. The van der Waals surface area contributed by atoms with E-state index in [1.807, 2.05) is 54.6 Å². The van der Waals surface area contributed by atoms with Crippen molar-refractivity contribution in [2.75, 3.05) is 17.6 Å². The van der Waals surface area contributed by atoms with Crippen molar-refractivity contribution in [1.29, 1.82) is 0 Å². The average molecular weight is 430 g/mol. The first-order chi connectivity index (χ1) is 14.1. The van der Waals surface area contributed by atoms with Crippen molar-refractivity contribution in [3.63, 3.8) is 0 Å². The van der Waals surface area contributed by atoms with Crippen molar-refractivity contribution < 1.29 is 14.3 Å². The number of thioether (sulfide) groups is 1. The smallest absolute Gasteiger partial charge is 0.321 e. The number of nitrogens with one attached hydrogen (secondary N) is 3. The Bertz CT molecular complexity index is 948. The van der Waals surface area contributed by atoms with Gasteiger partial charge in [-0.1, -0.05) is 41.3 Å². The van der Waals surface area contributed by atoms with Gasteiger partial charge >= 0.3 is 6.03 Å². The van der Waals surface area contributed by atoms with Gasteiger partial charge in [-0.2, -0.15) is 0 Å². The highest BCUT2D eigenvalue weighted by atomic mass is 32.2. The molecule has 0 fully saturated rings. The third-order valence-electron chi connectivity index (χ3n) is 3.41. The Morgan fingerprint density at radius 3 is 2.48 bits per heavy atom. The standard InChI is InChI=1S/C19H19N5O3S2/c1-2-20-17(26)22-16(25)12-28-19-24-23-18(29-19)21-13-8-10-15(11-9-13)27-14-6-4-3-5-7-14/h3-11H,2,12H2,1H3,(H,21,23)(H2,20,22,25,26). The van der Waals surface area contributed by atoms with Gasteiger partial charge in [-0.25, -0.2) is 4.79 Å². The summed E-state index contributed by atoms with van der Waals surface area (Å²) in [5.41, 5.74) is 0.840. The maximum atomic E-state index is 11.7. The number of carbonyl (C=O) groups is 2. The zero-order chi connectivity index (χ0) is 20.5. The van der Waals surface area contributed by atoms with E-state index >= 15 is 0 Å². The van der Waals surface area contributed by atoms with Crippen LogP contribution in [-0.4, -0.2) is 34.4 Å². The Labute approximate surface area is 176 Å². The molecule has 0 atom stereocenters. The predicted molar refractivity (Wildman–Crippen MR) is 114 cm³/mol. The van der Waals surface area contributed by atoms with E-state index in [4.69, 9.17) is 4.74 Å². The number of carbonyl (C=O) groups excluding carboxylic acids is 2. The van der Waals surface area contributed by atoms with Crippen molar-refractivity contribution in [1.82, 2.24) is 20.8 Å². The summed E-state index contributed by atoms with van der Waals surface area (Å²) in [6.45, 7) is 2.23. The number of nitrogens with zero attached hydrogens (tertiary/aromatic N) is 2. The van der Waals surface area contributed by atoms with Crippen LogP contribution in [0, 0.1) is 0 Å². The van der Waals surface area contributed by atoms with Crippen LogP contribution < -0.4 is 20.7 Å². The molecular formula is C19H19N5O3S2. The Balaban J connectivity index is 1.48. The number of urea groups is 1. The summed E-state index contributed by atoms with van der Waals surface area (Å²) in [6.07, 6.45) is 0. The lowest BCUT2D eigenvalue weighted by atomic mass is 10.3. The molecule has 0 aliphatic heterocycles. The van der Waals surface area contributed by atoms with Gasteiger partial charge in [-0.05, 0) is 43.3 Å². The fraction of sp³-hybridized carbons (Fsp3) is 0.158. The number of rotatable bonds is 8. The molecule has 1 aromatic heterocycles. The number of hydrogen-bond acceptors (Lipinski definition) is 8. The quantitative estimate of drug-likeness (QED) is 0.465. The van der Waals surface area contributed by atoms with Crippen molar-refractivity contribution in [3.8, 4) is 11.5 Å². The van der Waals surface area contributed by atoms with Crippen LogP contribution in [0.1, 0.15) is 6.92 Å². The second-order valence-corrected chi connectivity index (χ2v) is 7.83. The fourth-order valence-corrected chi connectivity index (χ4v) is 3.74. The molecular weight excluding hydrogens is 410 g/mol. The predicted octanol–water partition coefficient (Wildman–Crippen LogP) is 4.01. The van der Waals surface area contributed by atoms with Crippen LogP contribution in [0.25, 0.3) is 0 Å². The molecule has 8 nitrogen and oxygen atoms in total. The lowest BCUT2D eigenvalue weighted by Gasteiger charge is -2.06. The number of ether oxygens (including phenoxy) is 1. The first-order valence-corrected chi connectivity index (χ1v) is 10.6. The first kappa shape index (κ1) is 20.6. The SMILES string of the molecule is CCNC(=O)NC(=O)CSc1nnc(Nc2ccc(Oc3ccccc3)cc2)s1. The van der Waals surface area contributed by atoms with Crippen LogP contribution in [0.2, 0.25) is 0 Å². The molecule has 0 saturated heterocycles. The molecule has 0 aliphatic rings. The molecule has 3 rings (SSSR count). The molecule has 0 saturated carbocycles. The van der Waals surface area contributed by atoms with Crippen LogP contribution in [0.15, 0.2) is 58.9 Å². The minimum absolute atomic E-state index is 0.0806. The molecule has 1 heterocycles. The second-order valence-electron chi connectivity index (χ2n) is 5.63. The lowest BCUT2D eigenvalue weighted by molar-refractivity contribution is -0.117. The molecule has 0 radical (unpaired) electrons. The normalized spacial score (nSPS) is 10.2. The topological polar surface area (TPSA) is 105 Å². The molecule has 0 spiro atoms. The van der Waals surface area contributed by atoms with Gasteiger partial charge in [0.2, 0.25) is 11.0 Å². The molecule has 3 N–H and O–H groups in total. The number of anilines is 2. The zero-order valence-electron chi connectivity index (χ0n) is 15.5. The molecule has 29 heavy (non-hydrogen) atoms. The number of imide groups is 1. The summed E-state index contributed by atoms with van der Waals surface area (Å²) in [4.78, 5) is 23.0. The number of para-hydroxylation sites is 1. The van der Waals surface area contributed by atoms with Gasteiger partial charge < -0.3 is 15.4 Å². The number of amides is 3. The molecule has 3 amide bonds. The molecule has 150 valence electrons. The van der Waals surface area contributed by atoms with Crippen molar-refractivity contribution >= 4 is 45.9 Å². The molecule has 0 unspecified atom stereocenters. The van der Waals surface area contributed by atoms with Crippen molar-refractivity contribution in [2.24, 2.45) is 0 Å². The summed E-state index contributed by atoms with van der Waals surface area (Å²) < 4.78 is 6.39. The van der Waals surface area contributed by atoms with Crippen LogP contribution in [-0.2, 0) is 4.79 Å². The van der Waals surface area contributed by atoms with Gasteiger partial charge in [-0.15, -0.1) is 10.2 Å². The van der Waals surface area contributed by atoms with Crippen LogP contribution in [0.4, 0.5) is 15.6 Å². The van der Waals surface area contributed by atoms with Crippen molar-refractivity contribution in [3.05, 3.63) is 54.6 Å². The fourth-order valence-electron chi connectivity index (χ4n) is 2.17. The van der Waals surface area contributed by atoms with Crippen LogP contribution in [0.5, 0.6) is 11.5 Å². The van der Waals surface area contributed by atoms with E-state index in [0.717, 1.165) is 17.2 Å². The summed E-state index contributed by atoms with van der Waals surface area (Å²) >= 11 is 2.54. The van der Waals surface area contributed by atoms with E-state index in [2.05, 4.69) is 26.1 Å². The molecule has 0 bridgehead atoms. The Morgan fingerprint density at radius 2 is 1.76 bits per heavy atom. The summed E-state index contributed by atoms with van der Waals surface area (Å²) in [6, 6.07) is 16.5. The number of aromatic nitrogens is 2. The van der Waals surface area contributed by atoms with Gasteiger partial charge in [-0.3, -0.25) is 10.1 Å². The lowest BCUT2D eigenvalue weighted by Crippen LogP contribution is -2.40. The average Bonchev–Trinajstić information content (AvgIpc) is 3.16. The van der Waals surface area contributed by atoms with Gasteiger partial charge in [0.25, 0.3) is 0 Å². The second kappa shape index (κ2) is 10.4. The van der Waals surface area contributed by atoms with E-state index in [1.165, 1.54) is 23.1 Å². The van der Waals surface area contributed by atoms with Crippen LogP contribution in [0.3, 0.4) is 0 Å². The minimum Gasteiger partial charge on any atom is -0.457 e. The Hall–Kier alpha value is -3.11. The number of benzene rings is 2. The molecule has 3 aromatic rings. The van der Waals surface area contributed by atoms with E-state index in [1.54, 1.807) is 6.92 Å². The van der Waals surface area contributed by atoms with Gasteiger partial charge in [0.05, 0.1) is 5.75 Å². The molecule has 2 aromatic carbocycles. The third-order valence-corrected chi connectivity index (χ3v) is 5.38. The van der Waals surface area contributed by atoms with Gasteiger partial charge in [0.15, 0.2) is 4.34 Å². The highest BCUT2D eigenvalue weighted by molar-refractivity contribution is 8.01. The van der Waals surface area contributed by atoms with E-state index < -0.39 is 6.03 Å². The summed E-state index contributed by atoms with van der Waals surface area (Å²) in [5, 5.41) is 16.6. The third kappa shape index (κ3) is 6.77. The maximum absolute atomic E-state index is 11.7. The van der Waals surface area contributed by atoms with Gasteiger partial charge in [0, 0.05) is 12.2 Å². The summed E-state index contributed by atoms with van der Waals surface area (Å²) in [5.74, 6) is 1.19. The van der Waals surface area contributed by atoms with Crippen LogP contribution >= 0.6 is 23.1 Å². The minimum atomic E-state index is -0.502. The Morgan fingerprint density at radius 1 is 1.03 bits per heavy atom. The van der Waals surface area contributed by atoms with E-state index in [9.17, 15) is 9.59 Å². The Kier molecular flexibility index (Phi) is 7.42. The van der Waals surface area contributed by atoms with E-state index in [0.29, 0.717) is 16.0 Å². The highest BCUT2D eigenvalue weighted by Crippen LogP contribution is 2.29. The largest absolute Gasteiger partial charge is 0.457 e. The van der Waals surface area contributed by atoms with Gasteiger partial charge in [0.1, 0.15) is 11.5 Å². The molecule has 10 heteroatoms. The van der Waals surface area contributed by atoms with Crippen molar-refractivity contribution in [2.45, 2.75) is 11.3 Å². The summed E-state index contributed by atoms with van der Waals surface area (Å²) in [7, 11) is 0. The maximum Gasteiger partial charge on any atom is 0.321 e. The number of hydrogen-bond donors (Lipinski definition) is 3. The monoisotopic (exact) mass is 429 g/mol. The highest BCUT2D eigenvalue weighted by Gasteiger charge is 2.10. The zero-order valence-corrected chi connectivity index (χ0v) is 17.2.